The van der Waals surface area contributed by atoms with Crippen LogP contribution in [0.25, 0.3) is 0 Å². The molecular weight excluding hydrogens is 248 g/mol. The fraction of sp³-hybridized carbons (Fsp3) is 0.647. The maximum atomic E-state index is 5.76. The van der Waals surface area contributed by atoms with Crippen LogP contribution in [0.4, 0.5) is 0 Å². The van der Waals surface area contributed by atoms with E-state index in [2.05, 4.69) is 41.1 Å². The lowest BCUT2D eigenvalue weighted by molar-refractivity contribution is 0.138. The first-order valence-electron chi connectivity index (χ1n) is 7.99. The van der Waals surface area contributed by atoms with Gasteiger partial charge in [-0.3, -0.25) is 4.90 Å². The number of nitrogens with zero attached hydrogens (tertiary/aromatic N) is 2. The molecule has 0 aliphatic carbocycles. The number of fused-ring (bicyclic) bond motifs is 1. The molecule has 0 N–H and O–H groups in total. The van der Waals surface area contributed by atoms with Gasteiger partial charge in [0.15, 0.2) is 0 Å². The Morgan fingerprint density at radius 3 is 2.85 bits per heavy atom. The molecule has 3 nitrogen and oxygen atoms in total. The molecule has 1 aromatic rings. The number of piperidine rings is 1. The fourth-order valence-corrected chi connectivity index (χ4v) is 3.42. The average molecular weight is 274 g/mol. The zero-order valence-corrected chi connectivity index (χ0v) is 12.6. The van der Waals surface area contributed by atoms with Crippen LogP contribution in [-0.2, 0) is 0 Å². The summed E-state index contributed by atoms with van der Waals surface area (Å²) in [5.74, 6) is 1.08. The Morgan fingerprint density at radius 1 is 1.20 bits per heavy atom. The number of likely N-dealkylation sites (N-methyl/N-ethyl adjacent to an activating group) is 1. The van der Waals surface area contributed by atoms with Crippen molar-refractivity contribution in [2.75, 3.05) is 39.8 Å². The van der Waals surface area contributed by atoms with Crippen molar-refractivity contribution in [3.8, 4) is 5.75 Å². The Balaban J connectivity index is 1.58. The molecule has 0 spiro atoms. The third-order valence-corrected chi connectivity index (χ3v) is 4.68. The second kappa shape index (κ2) is 6.59. The molecule has 20 heavy (non-hydrogen) atoms. The minimum Gasteiger partial charge on any atom is -0.493 e. The molecule has 3 rings (SSSR count). The van der Waals surface area contributed by atoms with E-state index in [1.807, 2.05) is 0 Å². The van der Waals surface area contributed by atoms with E-state index in [-0.39, 0.29) is 0 Å². The van der Waals surface area contributed by atoms with Crippen LogP contribution in [0.15, 0.2) is 24.3 Å². The van der Waals surface area contributed by atoms with Crippen LogP contribution in [-0.4, -0.2) is 49.6 Å². The van der Waals surface area contributed by atoms with Crippen molar-refractivity contribution in [3.05, 3.63) is 29.8 Å². The van der Waals surface area contributed by atoms with Crippen molar-refractivity contribution in [1.82, 2.24) is 9.80 Å². The third-order valence-electron chi connectivity index (χ3n) is 4.68. The molecule has 0 saturated carbocycles. The highest BCUT2D eigenvalue weighted by Gasteiger charge is 2.24. The van der Waals surface area contributed by atoms with Gasteiger partial charge < -0.3 is 9.64 Å². The molecule has 1 unspecified atom stereocenters. The molecule has 1 atom stereocenters. The van der Waals surface area contributed by atoms with Crippen LogP contribution in [0.2, 0.25) is 0 Å². The lowest BCUT2D eigenvalue weighted by atomic mass is 9.99. The summed E-state index contributed by atoms with van der Waals surface area (Å²) in [5.41, 5.74) is 1.36. The number of ether oxygens (including phenoxy) is 1. The summed E-state index contributed by atoms with van der Waals surface area (Å²) < 4.78 is 5.76. The Kier molecular flexibility index (Phi) is 4.58. The second-order valence-electron chi connectivity index (χ2n) is 6.07. The van der Waals surface area contributed by atoms with Crippen molar-refractivity contribution in [1.29, 1.82) is 0 Å². The van der Waals surface area contributed by atoms with Crippen LogP contribution < -0.4 is 4.74 Å². The SMILES string of the molecule is CN(CCN1CCCCC1)C1CCOc2ccccc21. The maximum Gasteiger partial charge on any atom is 0.124 e. The second-order valence-corrected chi connectivity index (χ2v) is 6.07. The van der Waals surface area contributed by atoms with E-state index in [1.165, 1.54) is 44.5 Å². The highest BCUT2D eigenvalue weighted by Crippen LogP contribution is 2.34. The highest BCUT2D eigenvalue weighted by molar-refractivity contribution is 5.37. The number of para-hydroxylation sites is 1. The number of hydrogen-bond donors (Lipinski definition) is 0. The van der Waals surface area contributed by atoms with Crippen LogP contribution in [0.1, 0.15) is 37.3 Å². The molecule has 2 aliphatic heterocycles. The summed E-state index contributed by atoms with van der Waals surface area (Å²) in [6.45, 7) is 5.78. The van der Waals surface area contributed by atoms with Gasteiger partial charge in [-0.1, -0.05) is 24.6 Å². The van der Waals surface area contributed by atoms with Crippen molar-refractivity contribution in [2.24, 2.45) is 0 Å². The van der Waals surface area contributed by atoms with Crippen LogP contribution in [0.3, 0.4) is 0 Å². The Bertz CT molecular complexity index is 429. The predicted molar refractivity (Wildman–Crippen MR) is 82.2 cm³/mol. The number of rotatable bonds is 4. The third kappa shape index (κ3) is 3.15. The van der Waals surface area contributed by atoms with Crippen LogP contribution >= 0.6 is 0 Å². The lowest BCUT2D eigenvalue weighted by Crippen LogP contribution is -2.38. The summed E-state index contributed by atoms with van der Waals surface area (Å²) >= 11 is 0. The molecular formula is C17H26N2O. The van der Waals surface area contributed by atoms with Gasteiger partial charge in [0.1, 0.15) is 5.75 Å². The van der Waals surface area contributed by atoms with Gasteiger partial charge in [-0.2, -0.15) is 0 Å². The Morgan fingerprint density at radius 2 is 2.00 bits per heavy atom. The standard InChI is InChI=1S/C17H26N2O/c1-18(12-13-19-10-5-2-6-11-19)16-9-14-20-17-8-4-3-7-15(16)17/h3-4,7-8,16H,2,5-6,9-14H2,1H3. The molecule has 110 valence electrons. The first-order chi connectivity index (χ1) is 9.84. The molecule has 0 bridgehead atoms. The molecule has 3 heteroatoms. The summed E-state index contributed by atoms with van der Waals surface area (Å²) in [7, 11) is 2.26. The molecule has 1 saturated heterocycles. The van der Waals surface area contributed by atoms with Gasteiger partial charge in [0.05, 0.1) is 6.61 Å². The number of likely N-dealkylation sites (tertiary alicyclic amines) is 1. The zero-order chi connectivity index (χ0) is 13.8. The summed E-state index contributed by atoms with van der Waals surface area (Å²) in [4.78, 5) is 5.13. The molecule has 2 heterocycles. The topological polar surface area (TPSA) is 15.7 Å². The lowest BCUT2D eigenvalue weighted by Gasteiger charge is -2.35. The van der Waals surface area contributed by atoms with E-state index in [4.69, 9.17) is 4.74 Å². The minimum atomic E-state index is 0.518. The van der Waals surface area contributed by atoms with Crippen molar-refractivity contribution in [3.63, 3.8) is 0 Å². The van der Waals surface area contributed by atoms with E-state index in [0.717, 1.165) is 25.3 Å². The monoisotopic (exact) mass is 274 g/mol. The van der Waals surface area contributed by atoms with Crippen LogP contribution in [0, 0.1) is 0 Å². The molecule has 2 aliphatic rings. The van der Waals surface area contributed by atoms with E-state index in [9.17, 15) is 0 Å². The van der Waals surface area contributed by atoms with Crippen molar-refractivity contribution < 1.29 is 4.74 Å². The van der Waals surface area contributed by atoms with Gasteiger partial charge in [0.2, 0.25) is 0 Å². The molecule has 0 aromatic heterocycles. The minimum absolute atomic E-state index is 0.518. The van der Waals surface area contributed by atoms with E-state index >= 15 is 0 Å². The summed E-state index contributed by atoms with van der Waals surface area (Å²) in [6, 6.07) is 9.02. The van der Waals surface area contributed by atoms with Crippen molar-refractivity contribution >= 4 is 0 Å². The molecule has 1 fully saturated rings. The molecule has 0 amide bonds. The zero-order valence-electron chi connectivity index (χ0n) is 12.6. The summed E-state index contributed by atoms with van der Waals surface area (Å²) in [6.07, 6.45) is 5.28. The van der Waals surface area contributed by atoms with Crippen molar-refractivity contribution in [2.45, 2.75) is 31.7 Å². The predicted octanol–water partition coefficient (Wildman–Crippen LogP) is 2.93. The Labute approximate surface area is 122 Å². The largest absolute Gasteiger partial charge is 0.493 e. The number of hydrogen-bond acceptors (Lipinski definition) is 3. The van der Waals surface area contributed by atoms with Gasteiger partial charge in [0.25, 0.3) is 0 Å². The maximum absolute atomic E-state index is 5.76. The smallest absolute Gasteiger partial charge is 0.124 e. The van der Waals surface area contributed by atoms with E-state index in [0.29, 0.717) is 6.04 Å². The fourth-order valence-electron chi connectivity index (χ4n) is 3.42. The molecule has 0 radical (unpaired) electrons. The van der Waals surface area contributed by atoms with E-state index < -0.39 is 0 Å². The summed E-state index contributed by atoms with van der Waals surface area (Å²) in [5, 5.41) is 0. The van der Waals surface area contributed by atoms with Crippen LogP contribution in [0.5, 0.6) is 5.75 Å². The van der Waals surface area contributed by atoms with E-state index in [1.54, 1.807) is 0 Å². The normalized spacial score (nSPS) is 23.4. The van der Waals surface area contributed by atoms with Gasteiger partial charge in [-0.15, -0.1) is 0 Å². The molecule has 1 aromatic carbocycles. The first-order valence-corrected chi connectivity index (χ1v) is 7.99. The van der Waals surface area contributed by atoms with Gasteiger partial charge in [0, 0.05) is 31.1 Å². The van der Waals surface area contributed by atoms with Gasteiger partial charge >= 0.3 is 0 Å². The highest BCUT2D eigenvalue weighted by atomic mass is 16.5. The average Bonchev–Trinajstić information content (AvgIpc) is 2.53. The number of benzene rings is 1. The van der Waals surface area contributed by atoms with Gasteiger partial charge in [-0.05, 0) is 39.0 Å². The van der Waals surface area contributed by atoms with Gasteiger partial charge in [-0.25, -0.2) is 0 Å². The Hall–Kier alpha value is -1.06. The first kappa shape index (κ1) is 13.9. The quantitative estimate of drug-likeness (QED) is 0.839.